The first-order chi connectivity index (χ1) is 7.99. The minimum atomic E-state index is 0.406. The van der Waals surface area contributed by atoms with Crippen molar-refractivity contribution in [1.82, 2.24) is 9.97 Å². The third kappa shape index (κ3) is 2.61. The zero-order valence-corrected chi connectivity index (χ0v) is 12.8. The molecule has 0 unspecified atom stereocenters. The third-order valence-electron chi connectivity index (χ3n) is 2.21. The van der Waals surface area contributed by atoms with E-state index in [0.29, 0.717) is 21.1 Å². The van der Waals surface area contributed by atoms with E-state index in [2.05, 4.69) is 41.8 Å². The predicted octanol–water partition coefficient (Wildman–Crippen LogP) is 4.21. The minimum absolute atomic E-state index is 0.406. The molecule has 0 fully saturated rings. The van der Waals surface area contributed by atoms with Crippen molar-refractivity contribution >= 4 is 49.3 Å². The number of hydrogen-bond acceptors (Lipinski definition) is 3. The molecule has 0 spiro atoms. The van der Waals surface area contributed by atoms with Gasteiger partial charge in [-0.3, -0.25) is 0 Å². The van der Waals surface area contributed by atoms with Gasteiger partial charge in [-0.2, -0.15) is 0 Å². The van der Waals surface area contributed by atoms with Crippen molar-refractivity contribution in [2.24, 2.45) is 0 Å². The van der Waals surface area contributed by atoms with Crippen LogP contribution in [-0.4, -0.2) is 9.97 Å². The van der Waals surface area contributed by atoms with Crippen molar-refractivity contribution in [1.29, 1.82) is 0 Å². The van der Waals surface area contributed by atoms with E-state index in [1.807, 2.05) is 19.1 Å². The van der Waals surface area contributed by atoms with Crippen molar-refractivity contribution in [3.63, 3.8) is 0 Å². The molecule has 2 N–H and O–H groups in total. The molecule has 0 radical (unpaired) electrons. The first kappa shape index (κ1) is 12.8. The molecular formula is C11H8Br2ClN3. The number of nitrogens with two attached hydrogens (primary N) is 1. The van der Waals surface area contributed by atoms with Gasteiger partial charge in [0.05, 0.1) is 15.2 Å². The summed E-state index contributed by atoms with van der Waals surface area (Å²) in [7, 11) is 0. The van der Waals surface area contributed by atoms with Crippen LogP contribution in [0.15, 0.2) is 27.1 Å². The lowest BCUT2D eigenvalue weighted by Crippen LogP contribution is -2.00. The number of rotatable bonds is 1. The van der Waals surface area contributed by atoms with Crippen LogP contribution in [0.5, 0.6) is 0 Å². The van der Waals surface area contributed by atoms with E-state index < -0.39 is 0 Å². The van der Waals surface area contributed by atoms with E-state index >= 15 is 0 Å². The summed E-state index contributed by atoms with van der Waals surface area (Å²) >= 11 is 12.8. The smallest absolute Gasteiger partial charge is 0.163 e. The summed E-state index contributed by atoms with van der Waals surface area (Å²) in [5.41, 5.74) is 7.33. The highest BCUT2D eigenvalue weighted by Crippen LogP contribution is 2.31. The van der Waals surface area contributed by atoms with E-state index in [1.165, 1.54) is 0 Å². The van der Waals surface area contributed by atoms with Gasteiger partial charge in [0.1, 0.15) is 5.82 Å². The molecule has 1 aromatic heterocycles. The molecule has 0 aliphatic rings. The van der Waals surface area contributed by atoms with Gasteiger partial charge < -0.3 is 5.73 Å². The number of hydrogen-bond donors (Lipinski definition) is 1. The van der Waals surface area contributed by atoms with Crippen LogP contribution in [0.4, 0.5) is 5.82 Å². The Bertz CT molecular complexity index is 564. The number of aromatic nitrogens is 2. The highest BCUT2D eigenvalue weighted by atomic mass is 79.9. The molecule has 0 bridgehead atoms. The lowest BCUT2D eigenvalue weighted by atomic mass is 10.2. The summed E-state index contributed by atoms with van der Waals surface area (Å²) < 4.78 is 1.63. The van der Waals surface area contributed by atoms with Gasteiger partial charge >= 0.3 is 0 Å². The minimum Gasteiger partial charge on any atom is -0.383 e. The highest BCUT2D eigenvalue weighted by molar-refractivity contribution is 9.11. The molecule has 17 heavy (non-hydrogen) atoms. The molecule has 6 heteroatoms. The molecule has 0 aliphatic heterocycles. The molecule has 0 atom stereocenters. The lowest BCUT2D eigenvalue weighted by Gasteiger charge is -2.07. The standard InChI is InChI=1S/C11H8Br2ClN3/c1-5-9(13)10(15)17-11(16-5)7-4-6(12)2-3-8(7)14/h2-4H,1H3,(H2,15,16,17). The number of nitrogens with zero attached hydrogens (tertiary/aromatic N) is 2. The topological polar surface area (TPSA) is 51.8 Å². The molecule has 2 rings (SSSR count). The van der Waals surface area contributed by atoms with Crippen molar-refractivity contribution in [2.45, 2.75) is 6.92 Å². The van der Waals surface area contributed by atoms with E-state index in [1.54, 1.807) is 6.07 Å². The van der Waals surface area contributed by atoms with Crippen LogP contribution in [0, 0.1) is 6.92 Å². The second kappa shape index (κ2) is 4.92. The third-order valence-corrected chi connectivity index (χ3v) is 4.01. The van der Waals surface area contributed by atoms with E-state index in [-0.39, 0.29) is 0 Å². The summed E-state index contributed by atoms with van der Waals surface area (Å²) in [6, 6.07) is 5.52. The molecule has 2 aromatic rings. The summed E-state index contributed by atoms with van der Waals surface area (Å²) in [6.07, 6.45) is 0. The van der Waals surface area contributed by atoms with Crippen LogP contribution in [-0.2, 0) is 0 Å². The van der Waals surface area contributed by atoms with Crippen LogP contribution in [0.2, 0.25) is 5.02 Å². The van der Waals surface area contributed by atoms with Crippen molar-refractivity contribution in [3.8, 4) is 11.4 Å². The Labute approximate surface area is 121 Å². The predicted molar refractivity (Wildman–Crippen MR) is 77.0 cm³/mol. The highest BCUT2D eigenvalue weighted by Gasteiger charge is 2.11. The lowest BCUT2D eigenvalue weighted by molar-refractivity contribution is 1.10. The van der Waals surface area contributed by atoms with Crippen LogP contribution in [0.1, 0.15) is 5.69 Å². The Balaban J connectivity index is 2.64. The van der Waals surface area contributed by atoms with Gasteiger partial charge in [0, 0.05) is 10.0 Å². The summed E-state index contributed by atoms with van der Waals surface area (Å²) in [5, 5.41) is 0.592. The van der Waals surface area contributed by atoms with Gasteiger partial charge in [0.2, 0.25) is 0 Å². The Morgan fingerprint density at radius 3 is 2.59 bits per heavy atom. The van der Waals surface area contributed by atoms with Gasteiger partial charge in [-0.05, 0) is 41.1 Å². The number of anilines is 1. The number of halogens is 3. The van der Waals surface area contributed by atoms with Crippen LogP contribution >= 0.6 is 43.5 Å². The zero-order valence-electron chi connectivity index (χ0n) is 8.84. The first-order valence-corrected chi connectivity index (χ1v) is 6.70. The molecule has 0 saturated carbocycles. The monoisotopic (exact) mass is 375 g/mol. The molecule has 0 amide bonds. The maximum atomic E-state index is 6.12. The summed E-state index contributed by atoms with van der Waals surface area (Å²) in [6.45, 7) is 1.86. The summed E-state index contributed by atoms with van der Waals surface area (Å²) in [5.74, 6) is 0.929. The molecular weight excluding hydrogens is 369 g/mol. The molecule has 0 aliphatic carbocycles. The second-order valence-corrected chi connectivity index (χ2v) is 5.57. The van der Waals surface area contributed by atoms with E-state index in [4.69, 9.17) is 17.3 Å². The number of benzene rings is 1. The average molecular weight is 377 g/mol. The molecule has 3 nitrogen and oxygen atoms in total. The molecule has 0 saturated heterocycles. The fourth-order valence-corrected chi connectivity index (χ4v) is 2.11. The zero-order chi connectivity index (χ0) is 12.6. The Morgan fingerprint density at radius 2 is 1.94 bits per heavy atom. The van der Waals surface area contributed by atoms with Crippen LogP contribution in [0.25, 0.3) is 11.4 Å². The Kier molecular flexibility index (Phi) is 3.70. The van der Waals surface area contributed by atoms with Crippen molar-refractivity contribution < 1.29 is 0 Å². The van der Waals surface area contributed by atoms with Crippen molar-refractivity contribution in [3.05, 3.63) is 37.9 Å². The Morgan fingerprint density at radius 1 is 1.24 bits per heavy atom. The largest absolute Gasteiger partial charge is 0.383 e. The van der Waals surface area contributed by atoms with Gasteiger partial charge in [-0.1, -0.05) is 27.5 Å². The quantitative estimate of drug-likeness (QED) is 0.810. The molecule has 1 heterocycles. The van der Waals surface area contributed by atoms with Gasteiger partial charge in [0.25, 0.3) is 0 Å². The van der Waals surface area contributed by atoms with Crippen LogP contribution < -0.4 is 5.73 Å². The maximum Gasteiger partial charge on any atom is 0.163 e. The van der Waals surface area contributed by atoms with Crippen LogP contribution in [0.3, 0.4) is 0 Å². The fraction of sp³-hybridized carbons (Fsp3) is 0.0909. The SMILES string of the molecule is Cc1nc(-c2cc(Br)ccc2Cl)nc(N)c1Br. The van der Waals surface area contributed by atoms with Gasteiger partial charge in [-0.25, -0.2) is 9.97 Å². The van der Waals surface area contributed by atoms with E-state index in [9.17, 15) is 0 Å². The normalized spacial score (nSPS) is 10.6. The second-order valence-electron chi connectivity index (χ2n) is 3.46. The molecule has 1 aromatic carbocycles. The van der Waals surface area contributed by atoms with Crippen molar-refractivity contribution in [2.75, 3.05) is 5.73 Å². The van der Waals surface area contributed by atoms with Gasteiger partial charge in [0.15, 0.2) is 5.82 Å². The maximum absolute atomic E-state index is 6.12. The fourth-order valence-electron chi connectivity index (χ4n) is 1.37. The van der Waals surface area contributed by atoms with E-state index in [0.717, 1.165) is 15.7 Å². The first-order valence-electron chi connectivity index (χ1n) is 4.74. The van der Waals surface area contributed by atoms with Gasteiger partial charge in [-0.15, -0.1) is 0 Å². The summed E-state index contributed by atoms with van der Waals surface area (Å²) in [4.78, 5) is 8.58. The average Bonchev–Trinajstić information content (AvgIpc) is 2.28. The number of aryl methyl sites for hydroxylation is 1. The molecule has 88 valence electrons. The number of nitrogen functional groups attached to an aromatic ring is 1. The Hall–Kier alpha value is -0.650.